The molecule has 5 rings (SSSR count). The molecule has 1 N–H and O–H groups in total. The van der Waals surface area contributed by atoms with Crippen LogP contribution in [0, 0.1) is 0 Å². The first kappa shape index (κ1) is 20.9. The number of rotatable bonds is 5. The summed E-state index contributed by atoms with van der Waals surface area (Å²) in [5.41, 5.74) is 2.12. The summed E-state index contributed by atoms with van der Waals surface area (Å²) in [6, 6.07) is 11.5. The van der Waals surface area contributed by atoms with E-state index in [0.29, 0.717) is 28.8 Å². The van der Waals surface area contributed by atoms with Gasteiger partial charge in [-0.25, -0.2) is 9.97 Å². The van der Waals surface area contributed by atoms with E-state index in [-0.39, 0.29) is 12.0 Å². The van der Waals surface area contributed by atoms with E-state index >= 15 is 0 Å². The molecule has 7 nitrogen and oxygen atoms in total. The number of benzene rings is 1. The first-order valence-electron chi connectivity index (χ1n) is 10.1. The molecular weight excluding hydrogens is 437 g/mol. The fourth-order valence-corrected chi connectivity index (χ4v) is 3.68. The summed E-state index contributed by atoms with van der Waals surface area (Å²) in [7, 11) is 0. The van der Waals surface area contributed by atoms with Crippen LogP contribution < -0.4 is 4.74 Å². The highest BCUT2D eigenvalue weighted by Gasteiger charge is 2.33. The number of hydrogen-bond acceptors (Lipinski definition) is 7. The Labute approximate surface area is 185 Å². The van der Waals surface area contributed by atoms with Crippen LogP contribution in [0.25, 0.3) is 22.6 Å². The lowest BCUT2D eigenvalue weighted by Crippen LogP contribution is -2.32. The van der Waals surface area contributed by atoms with Crippen LogP contribution in [0.3, 0.4) is 0 Å². The molecule has 0 saturated heterocycles. The average molecular weight is 454 g/mol. The van der Waals surface area contributed by atoms with Gasteiger partial charge in [0.2, 0.25) is 5.88 Å². The van der Waals surface area contributed by atoms with E-state index in [9.17, 15) is 18.3 Å². The molecule has 168 valence electrons. The van der Waals surface area contributed by atoms with Gasteiger partial charge in [0.05, 0.1) is 18.5 Å². The van der Waals surface area contributed by atoms with Crippen molar-refractivity contribution in [1.82, 2.24) is 20.1 Å². The standard InChI is InChI=1S/C23H17F3N4O3/c24-23(25,26)20-6-5-15(10-28-20)13-1-3-14(4-2-13)16-7-17(8-16)32-22-12-27-18(11-29-22)19-9-21(31)30-33-19/h1-6,9-12,16-17H,7-8H2,(H,30,31)/t16-,17+. The van der Waals surface area contributed by atoms with Gasteiger partial charge >= 0.3 is 6.18 Å². The van der Waals surface area contributed by atoms with E-state index in [2.05, 4.69) is 20.1 Å². The van der Waals surface area contributed by atoms with Crippen molar-refractivity contribution in [2.24, 2.45) is 0 Å². The molecule has 0 aliphatic heterocycles. The monoisotopic (exact) mass is 454 g/mol. The first-order valence-corrected chi connectivity index (χ1v) is 10.1. The van der Waals surface area contributed by atoms with Gasteiger partial charge < -0.3 is 14.4 Å². The third-order valence-electron chi connectivity index (χ3n) is 5.53. The maximum atomic E-state index is 12.7. The molecule has 1 aliphatic carbocycles. The highest BCUT2D eigenvalue weighted by atomic mass is 19.4. The number of halogens is 3. The minimum Gasteiger partial charge on any atom is -0.491 e. The molecule has 0 atom stereocenters. The third kappa shape index (κ3) is 4.50. The van der Waals surface area contributed by atoms with Crippen molar-refractivity contribution in [3.05, 3.63) is 72.3 Å². The highest BCUT2D eigenvalue weighted by Crippen LogP contribution is 2.39. The van der Waals surface area contributed by atoms with Crippen molar-refractivity contribution in [2.45, 2.75) is 31.0 Å². The molecule has 0 unspecified atom stereocenters. The minimum atomic E-state index is -4.44. The van der Waals surface area contributed by atoms with E-state index in [0.717, 1.165) is 30.0 Å². The predicted octanol–water partition coefficient (Wildman–Crippen LogP) is 5.24. The van der Waals surface area contributed by atoms with Gasteiger partial charge in [0.15, 0.2) is 5.76 Å². The fourth-order valence-electron chi connectivity index (χ4n) is 3.68. The normalized spacial score (nSPS) is 18.0. The lowest BCUT2D eigenvalue weighted by molar-refractivity contribution is -0.141. The Morgan fingerprint density at radius 1 is 0.909 bits per heavy atom. The number of aromatic hydroxyl groups is 1. The Kier molecular flexibility index (Phi) is 5.20. The predicted molar refractivity (Wildman–Crippen MR) is 110 cm³/mol. The molecule has 3 aromatic heterocycles. The third-order valence-corrected chi connectivity index (χ3v) is 5.53. The van der Waals surface area contributed by atoms with Gasteiger partial charge in [-0.3, -0.25) is 4.98 Å². The van der Waals surface area contributed by atoms with Crippen molar-refractivity contribution in [1.29, 1.82) is 0 Å². The molecule has 1 saturated carbocycles. The Bertz CT molecular complexity index is 1230. The second kappa shape index (κ2) is 8.19. The van der Waals surface area contributed by atoms with Crippen molar-refractivity contribution in [3.8, 4) is 34.3 Å². The molecule has 0 bridgehead atoms. The molecule has 3 heterocycles. The number of hydrogen-bond donors (Lipinski definition) is 1. The van der Waals surface area contributed by atoms with Crippen LogP contribution in [0.5, 0.6) is 11.8 Å². The van der Waals surface area contributed by atoms with Gasteiger partial charge in [-0.2, -0.15) is 13.2 Å². The van der Waals surface area contributed by atoms with Gasteiger partial charge in [-0.1, -0.05) is 30.3 Å². The molecule has 1 aromatic carbocycles. The van der Waals surface area contributed by atoms with E-state index in [1.54, 1.807) is 0 Å². The van der Waals surface area contributed by atoms with Crippen LogP contribution >= 0.6 is 0 Å². The summed E-state index contributed by atoms with van der Waals surface area (Å²) in [5.74, 6) is 0.817. The molecular formula is C23H17F3N4O3. The molecule has 1 aliphatic rings. The van der Waals surface area contributed by atoms with Crippen molar-refractivity contribution < 1.29 is 27.5 Å². The van der Waals surface area contributed by atoms with Crippen molar-refractivity contribution in [3.63, 3.8) is 0 Å². The Morgan fingerprint density at radius 2 is 1.67 bits per heavy atom. The van der Waals surface area contributed by atoms with Crippen LogP contribution in [0.4, 0.5) is 13.2 Å². The first-order chi connectivity index (χ1) is 15.8. The largest absolute Gasteiger partial charge is 0.491 e. The molecule has 0 radical (unpaired) electrons. The summed E-state index contributed by atoms with van der Waals surface area (Å²) in [4.78, 5) is 11.9. The summed E-state index contributed by atoms with van der Waals surface area (Å²) in [5, 5.41) is 12.6. The van der Waals surface area contributed by atoms with E-state index in [1.165, 1.54) is 30.7 Å². The Hall–Kier alpha value is -3.95. The minimum absolute atomic E-state index is 0.0169. The number of aromatic nitrogens is 4. The number of nitrogens with zero attached hydrogens (tertiary/aromatic N) is 4. The highest BCUT2D eigenvalue weighted by molar-refractivity contribution is 5.63. The van der Waals surface area contributed by atoms with Crippen LogP contribution in [0.2, 0.25) is 0 Å². The molecule has 10 heteroatoms. The molecule has 1 fully saturated rings. The summed E-state index contributed by atoms with van der Waals surface area (Å²) in [6.07, 6.45) is 1.43. The number of ether oxygens (including phenoxy) is 1. The van der Waals surface area contributed by atoms with Crippen molar-refractivity contribution in [2.75, 3.05) is 0 Å². The zero-order valence-electron chi connectivity index (χ0n) is 17.0. The van der Waals surface area contributed by atoms with Crippen LogP contribution in [-0.2, 0) is 6.18 Å². The maximum absolute atomic E-state index is 12.7. The number of alkyl halides is 3. The lowest BCUT2D eigenvalue weighted by Gasteiger charge is -2.35. The molecule has 4 aromatic rings. The smallest absolute Gasteiger partial charge is 0.433 e. The second-order valence-electron chi connectivity index (χ2n) is 7.75. The van der Waals surface area contributed by atoms with E-state index < -0.39 is 11.9 Å². The summed E-state index contributed by atoms with van der Waals surface area (Å²) >= 11 is 0. The van der Waals surface area contributed by atoms with Gasteiger partial charge in [0.1, 0.15) is 17.5 Å². The van der Waals surface area contributed by atoms with Gasteiger partial charge in [0, 0.05) is 11.8 Å². The van der Waals surface area contributed by atoms with Crippen molar-refractivity contribution >= 4 is 0 Å². The van der Waals surface area contributed by atoms with Crippen LogP contribution in [0.1, 0.15) is 30.0 Å². The van der Waals surface area contributed by atoms with Crippen LogP contribution in [-0.4, -0.2) is 31.3 Å². The SMILES string of the molecule is Oc1cc(-c2cnc(O[C@H]3C[C@@H](c4ccc(-c5ccc(C(F)(F)F)nc5)cc4)C3)cn2)on1. The fraction of sp³-hybridized carbons (Fsp3) is 0.217. The van der Waals surface area contributed by atoms with Crippen LogP contribution in [0.15, 0.2) is 65.6 Å². The molecule has 0 amide bonds. The lowest BCUT2D eigenvalue weighted by atomic mass is 9.77. The Balaban J connectivity index is 1.16. The topological polar surface area (TPSA) is 94.2 Å². The number of pyridine rings is 1. The average Bonchev–Trinajstić information content (AvgIpc) is 3.22. The molecule has 33 heavy (non-hydrogen) atoms. The second-order valence-corrected chi connectivity index (χ2v) is 7.75. The van der Waals surface area contributed by atoms with E-state index in [4.69, 9.17) is 9.26 Å². The zero-order chi connectivity index (χ0) is 23.0. The van der Waals surface area contributed by atoms with Gasteiger partial charge in [-0.05, 0) is 41.1 Å². The maximum Gasteiger partial charge on any atom is 0.433 e. The Morgan fingerprint density at radius 3 is 2.24 bits per heavy atom. The summed E-state index contributed by atoms with van der Waals surface area (Å²) < 4.78 is 48.8. The zero-order valence-corrected chi connectivity index (χ0v) is 17.0. The quantitative estimate of drug-likeness (QED) is 0.441. The van der Waals surface area contributed by atoms with E-state index in [1.807, 2.05) is 24.3 Å². The molecule has 0 spiro atoms. The van der Waals surface area contributed by atoms with Gasteiger partial charge in [-0.15, -0.1) is 0 Å². The summed E-state index contributed by atoms with van der Waals surface area (Å²) in [6.45, 7) is 0. The van der Waals surface area contributed by atoms with Gasteiger partial charge in [0.25, 0.3) is 5.88 Å².